The fourth-order valence-corrected chi connectivity index (χ4v) is 1.37. The zero-order valence-corrected chi connectivity index (χ0v) is 9.24. The molecule has 0 atom stereocenters. The van der Waals surface area contributed by atoms with Crippen molar-refractivity contribution >= 4 is 7.82 Å². The van der Waals surface area contributed by atoms with Crippen LogP contribution < -0.4 is 0 Å². The normalized spacial score (nSPS) is 10.5. The average Bonchev–Trinajstić information content (AvgIpc) is 2.59. The average molecular weight is 221 g/mol. The minimum absolute atomic E-state index is 0.188. The van der Waals surface area contributed by atoms with Crippen molar-refractivity contribution in [2.24, 2.45) is 0 Å². The van der Waals surface area contributed by atoms with Gasteiger partial charge in [-0.25, -0.2) is 4.57 Å². The number of phosphoric acid groups is 1. The second-order valence-electron chi connectivity index (χ2n) is 2.19. The molecule has 0 radical (unpaired) electrons. The molecular formula is C8H16NO4P. The molecule has 1 aromatic rings. The summed E-state index contributed by atoms with van der Waals surface area (Å²) < 4.78 is 19.2. The molecule has 0 aromatic carbocycles. The van der Waals surface area contributed by atoms with Crippen LogP contribution in [-0.4, -0.2) is 23.1 Å². The Bertz CT molecular complexity index is 223. The molecule has 0 saturated carbocycles. The first-order valence-electron chi connectivity index (χ1n) is 4.32. The summed E-state index contributed by atoms with van der Waals surface area (Å²) in [6.45, 7) is 3.63. The van der Waals surface area contributed by atoms with Crippen LogP contribution in [-0.2, 0) is 13.6 Å². The van der Waals surface area contributed by atoms with Gasteiger partial charge in [0.1, 0.15) is 0 Å². The molecule has 14 heavy (non-hydrogen) atoms. The minimum Gasteiger partial charge on any atom is -0.368 e. The van der Waals surface area contributed by atoms with E-state index in [4.69, 9.17) is 4.89 Å². The number of aromatic nitrogens is 1. The molecular weight excluding hydrogens is 205 g/mol. The molecule has 0 bridgehead atoms. The van der Waals surface area contributed by atoms with Crippen LogP contribution in [0.1, 0.15) is 13.8 Å². The third-order valence-corrected chi connectivity index (χ3v) is 2.25. The van der Waals surface area contributed by atoms with E-state index in [0.29, 0.717) is 0 Å². The summed E-state index contributed by atoms with van der Waals surface area (Å²) in [5.41, 5.74) is 0. The van der Waals surface area contributed by atoms with Crippen molar-refractivity contribution in [3.63, 3.8) is 0 Å². The molecule has 0 aliphatic rings. The zero-order chi connectivity index (χ0) is 10.9. The number of phosphoric ester groups is 1. The standard InChI is InChI=1S/C4H5N.C4H11O4P/c1-2-4-5-3-1;1-3-7-9(5,6)8-4-2/h1-5H;3-4H2,1-2H3,(H,5,6). The number of rotatable bonds is 4. The maximum absolute atomic E-state index is 10.5. The second kappa shape index (κ2) is 7.76. The fourth-order valence-electron chi connectivity index (χ4n) is 0.641. The highest BCUT2D eigenvalue weighted by atomic mass is 31.2. The lowest BCUT2D eigenvalue weighted by Crippen LogP contribution is -1.93. The van der Waals surface area contributed by atoms with Gasteiger partial charge in [-0.2, -0.15) is 0 Å². The maximum atomic E-state index is 10.5. The lowest BCUT2D eigenvalue weighted by molar-refractivity contribution is 0.161. The lowest BCUT2D eigenvalue weighted by atomic mass is 10.7. The number of aromatic amines is 1. The van der Waals surface area contributed by atoms with E-state index in [-0.39, 0.29) is 13.2 Å². The van der Waals surface area contributed by atoms with Crippen molar-refractivity contribution in [1.29, 1.82) is 0 Å². The van der Waals surface area contributed by atoms with E-state index in [1.165, 1.54) is 0 Å². The van der Waals surface area contributed by atoms with Gasteiger partial charge in [-0.05, 0) is 26.0 Å². The summed E-state index contributed by atoms with van der Waals surface area (Å²) in [4.78, 5) is 11.5. The van der Waals surface area contributed by atoms with Crippen LogP contribution in [0.4, 0.5) is 0 Å². The molecule has 2 N–H and O–H groups in total. The summed E-state index contributed by atoms with van der Waals surface area (Å²) in [5.74, 6) is 0. The Morgan fingerprint density at radius 3 is 1.86 bits per heavy atom. The Hall–Kier alpha value is -0.610. The highest BCUT2D eigenvalue weighted by Crippen LogP contribution is 2.42. The fraction of sp³-hybridized carbons (Fsp3) is 0.500. The molecule has 5 nitrogen and oxygen atoms in total. The number of H-pyrrole nitrogens is 1. The van der Waals surface area contributed by atoms with Crippen molar-refractivity contribution in [3.8, 4) is 0 Å². The highest BCUT2D eigenvalue weighted by molar-refractivity contribution is 7.47. The highest BCUT2D eigenvalue weighted by Gasteiger charge is 2.17. The third-order valence-electron chi connectivity index (χ3n) is 1.08. The molecule has 1 heterocycles. The SMILES string of the molecule is CCOP(=O)(O)OCC.c1cc[nH]c1. The molecule has 6 heteroatoms. The summed E-state index contributed by atoms with van der Waals surface area (Å²) >= 11 is 0. The molecule has 1 aromatic heterocycles. The number of hydrogen-bond donors (Lipinski definition) is 2. The largest absolute Gasteiger partial charge is 0.472 e. The van der Waals surface area contributed by atoms with Crippen LogP contribution in [0.2, 0.25) is 0 Å². The predicted molar refractivity (Wildman–Crippen MR) is 53.9 cm³/mol. The van der Waals surface area contributed by atoms with Crippen LogP contribution in [0.5, 0.6) is 0 Å². The number of nitrogens with one attached hydrogen (secondary N) is 1. The first kappa shape index (κ1) is 13.4. The van der Waals surface area contributed by atoms with Crippen molar-refractivity contribution in [3.05, 3.63) is 24.5 Å². The van der Waals surface area contributed by atoms with Crippen molar-refractivity contribution < 1.29 is 18.5 Å². The van der Waals surface area contributed by atoms with Gasteiger partial charge in [-0.1, -0.05) is 0 Å². The van der Waals surface area contributed by atoms with Gasteiger partial charge >= 0.3 is 7.82 Å². The predicted octanol–water partition coefficient (Wildman–Crippen LogP) is 2.17. The zero-order valence-electron chi connectivity index (χ0n) is 8.34. The summed E-state index contributed by atoms with van der Waals surface area (Å²) in [7, 11) is -3.69. The molecule has 0 aliphatic heterocycles. The summed E-state index contributed by atoms with van der Waals surface area (Å²) in [6, 6.07) is 3.89. The first-order chi connectivity index (χ1) is 6.62. The van der Waals surface area contributed by atoms with Gasteiger partial charge in [-0.3, -0.25) is 9.05 Å². The van der Waals surface area contributed by atoms with Gasteiger partial charge in [0.15, 0.2) is 0 Å². The van der Waals surface area contributed by atoms with Crippen LogP contribution in [0.15, 0.2) is 24.5 Å². The smallest absolute Gasteiger partial charge is 0.368 e. The lowest BCUT2D eigenvalue weighted by Gasteiger charge is -2.07. The van der Waals surface area contributed by atoms with E-state index < -0.39 is 7.82 Å². The van der Waals surface area contributed by atoms with Crippen LogP contribution >= 0.6 is 7.82 Å². The first-order valence-corrected chi connectivity index (χ1v) is 5.81. The van der Waals surface area contributed by atoms with Crippen molar-refractivity contribution in [2.45, 2.75) is 13.8 Å². The molecule has 0 unspecified atom stereocenters. The van der Waals surface area contributed by atoms with Gasteiger partial charge in [0.05, 0.1) is 13.2 Å². The van der Waals surface area contributed by atoms with Crippen LogP contribution in [0, 0.1) is 0 Å². The van der Waals surface area contributed by atoms with Gasteiger partial charge in [0.25, 0.3) is 0 Å². The van der Waals surface area contributed by atoms with Crippen LogP contribution in [0.25, 0.3) is 0 Å². The van der Waals surface area contributed by atoms with Crippen LogP contribution in [0.3, 0.4) is 0 Å². The van der Waals surface area contributed by atoms with E-state index in [2.05, 4.69) is 14.0 Å². The Morgan fingerprint density at radius 2 is 1.64 bits per heavy atom. The Kier molecular flexibility index (Phi) is 7.42. The monoisotopic (exact) mass is 221 g/mol. The molecule has 0 saturated heterocycles. The van der Waals surface area contributed by atoms with Gasteiger partial charge in [0, 0.05) is 12.4 Å². The number of hydrogen-bond acceptors (Lipinski definition) is 3. The maximum Gasteiger partial charge on any atom is 0.472 e. The summed E-state index contributed by atoms with van der Waals surface area (Å²) in [6.07, 6.45) is 3.75. The third kappa shape index (κ3) is 8.01. The minimum atomic E-state index is -3.69. The van der Waals surface area contributed by atoms with Crippen molar-refractivity contribution in [1.82, 2.24) is 4.98 Å². The molecule has 0 fully saturated rings. The van der Waals surface area contributed by atoms with E-state index >= 15 is 0 Å². The van der Waals surface area contributed by atoms with Crippen molar-refractivity contribution in [2.75, 3.05) is 13.2 Å². The Balaban J connectivity index is 0.000000280. The Morgan fingerprint density at radius 1 is 1.21 bits per heavy atom. The quantitative estimate of drug-likeness (QED) is 0.764. The Labute approximate surface area is 83.7 Å². The van der Waals surface area contributed by atoms with E-state index in [1.807, 2.05) is 24.5 Å². The molecule has 82 valence electrons. The van der Waals surface area contributed by atoms with Gasteiger partial charge in [-0.15, -0.1) is 0 Å². The van der Waals surface area contributed by atoms with E-state index in [1.54, 1.807) is 13.8 Å². The van der Waals surface area contributed by atoms with Gasteiger partial charge < -0.3 is 9.88 Å². The topological polar surface area (TPSA) is 71.6 Å². The molecule has 0 aliphatic carbocycles. The van der Waals surface area contributed by atoms with Gasteiger partial charge in [0.2, 0.25) is 0 Å². The van der Waals surface area contributed by atoms with E-state index in [9.17, 15) is 4.57 Å². The summed E-state index contributed by atoms with van der Waals surface area (Å²) in [5, 5.41) is 0. The second-order valence-corrected chi connectivity index (χ2v) is 3.64. The molecule has 1 rings (SSSR count). The molecule has 0 spiro atoms. The molecule has 0 amide bonds. The van der Waals surface area contributed by atoms with E-state index in [0.717, 1.165) is 0 Å².